The van der Waals surface area contributed by atoms with Gasteiger partial charge in [0.2, 0.25) is 0 Å². The van der Waals surface area contributed by atoms with Crippen LogP contribution in [0.25, 0.3) is 0 Å². The Hall–Kier alpha value is -0.770. The standard InChI is InChI=1S/C13H24O4/c1-10(2)11-4-6-13(3,7-5-11)17-12(15)16-9-8-14/h10-11,14H,4-9H2,1-3H3. The van der Waals surface area contributed by atoms with Crippen molar-refractivity contribution in [1.29, 1.82) is 0 Å². The first-order valence-electron chi connectivity index (χ1n) is 6.43. The van der Waals surface area contributed by atoms with Gasteiger partial charge in [0.1, 0.15) is 12.2 Å². The highest BCUT2D eigenvalue weighted by Crippen LogP contribution is 2.37. The average Bonchev–Trinajstić information content (AvgIpc) is 2.26. The number of carbonyl (C=O) groups is 1. The Kier molecular flexibility index (Phi) is 5.25. The molecule has 0 heterocycles. The van der Waals surface area contributed by atoms with Gasteiger partial charge in [0.05, 0.1) is 6.61 Å². The summed E-state index contributed by atoms with van der Waals surface area (Å²) in [4.78, 5) is 11.3. The van der Waals surface area contributed by atoms with E-state index in [4.69, 9.17) is 14.6 Å². The molecule has 1 aliphatic carbocycles. The van der Waals surface area contributed by atoms with E-state index in [1.807, 2.05) is 6.92 Å². The van der Waals surface area contributed by atoms with Crippen molar-refractivity contribution in [3.8, 4) is 0 Å². The molecule has 0 saturated heterocycles. The van der Waals surface area contributed by atoms with Crippen LogP contribution in [0.1, 0.15) is 46.5 Å². The maximum Gasteiger partial charge on any atom is 0.508 e. The first-order chi connectivity index (χ1) is 7.97. The number of hydrogen-bond donors (Lipinski definition) is 1. The summed E-state index contributed by atoms with van der Waals surface area (Å²) < 4.78 is 10.1. The van der Waals surface area contributed by atoms with Crippen molar-refractivity contribution in [2.45, 2.75) is 52.1 Å². The third-order valence-electron chi connectivity index (χ3n) is 3.67. The van der Waals surface area contributed by atoms with Crippen LogP contribution in [0.5, 0.6) is 0 Å². The zero-order valence-electron chi connectivity index (χ0n) is 11.1. The number of aliphatic hydroxyl groups is 1. The van der Waals surface area contributed by atoms with Gasteiger partial charge in [0, 0.05) is 0 Å². The van der Waals surface area contributed by atoms with E-state index in [-0.39, 0.29) is 13.2 Å². The molecular weight excluding hydrogens is 220 g/mol. The van der Waals surface area contributed by atoms with Crippen LogP contribution >= 0.6 is 0 Å². The summed E-state index contributed by atoms with van der Waals surface area (Å²) in [6, 6.07) is 0. The van der Waals surface area contributed by atoms with Gasteiger partial charge in [-0.15, -0.1) is 0 Å². The van der Waals surface area contributed by atoms with Crippen molar-refractivity contribution in [3.05, 3.63) is 0 Å². The highest BCUT2D eigenvalue weighted by Gasteiger charge is 2.35. The van der Waals surface area contributed by atoms with Gasteiger partial charge in [-0.3, -0.25) is 0 Å². The molecule has 0 aromatic heterocycles. The van der Waals surface area contributed by atoms with Crippen LogP contribution in [-0.4, -0.2) is 30.1 Å². The lowest BCUT2D eigenvalue weighted by Gasteiger charge is -2.37. The molecule has 4 heteroatoms. The van der Waals surface area contributed by atoms with E-state index in [9.17, 15) is 4.79 Å². The van der Waals surface area contributed by atoms with E-state index in [1.165, 1.54) is 0 Å². The maximum absolute atomic E-state index is 11.3. The zero-order valence-corrected chi connectivity index (χ0v) is 11.1. The van der Waals surface area contributed by atoms with Gasteiger partial charge < -0.3 is 14.6 Å². The molecule has 17 heavy (non-hydrogen) atoms. The van der Waals surface area contributed by atoms with Gasteiger partial charge >= 0.3 is 6.16 Å². The molecular formula is C13H24O4. The molecule has 1 rings (SSSR count). The van der Waals surface area contributed by atoms with Crippen LogP contribution in [0.2, 0.25) is 0 Å². The Morgan fingerprint density at radius 3 is 2.47 bits per heavy atom. The zero-order chi connectivity index (χ0) is 12.9. The molecule has 4 nitrogen and oxygen atoms in total. The molecule has 0 bridgehead atoms. The molecule has 1 N–H and O–H groups in total. The van der Waals surface area contributed by atoms with Gasteiger partial charge in [-0.1, -0.05) is 13.8 Å². The topological polar surface area (TPSA) is 55.8 Å². The van der Waals surface area contributed by atoms with E-state index in [0.717, 1.165) is 31.6 Å². The molecule has 0 amide bonds. The molecule has 1 saturated carbocycles. The summed E-state index contributed by atoms with van der Waals surface area (Å²) in [6.45, 7) is 6.28. The number of hydrogen-bond acceptors (Lipinski definition) is 4. The molecule has 0 spiro atoms. The summed E-state index contributed by atoms with van der Waals surface area (Å²) in [7, 11) is 0. The largest absolute Gasteiger partial charge is 0.508 e. The highest BCUT2D eigenvalue weighted by atomic mass is 16.7. The third kappa shape index (κ3) is 4.54. The number of carbonyl (C=O) groups excluding carboxylic acids is 1. The van der Waals surface area contributed by atoms with E-state index in [0.29, 0.717) is 5.92 Å². The summed E-state index contributed by atoms with van der Waals surface area (Å²) in [5.74, 6) is 1.43. The van der Waals surface area contributed by atoms with Gasteiger partial charge in [-0.25, -0.2) is 4.79 Å². The van der Waals surface area contributed by atoms with Crippen LogP contribution in [0.4, 0.5) is 4.79 Å². The van der Waals surface area contributed by atoms with Crippen LogP contribution in [0.3, 0.4) is 0 Å². The molecule has 1 aliphatic rings. The predicted octanol–water partition coefficient (Wildman–Crippen LogP) is 2.74. The van der Waals surface area contributed by atoms with Gasteiger partial charge in [-0.05, 0) is 44.4 Å². The summed E-state index contributed by atoms with van der Waals surface area (Å²) >= 11 is 0. The molecule has 1 fully saturated rings. The molecule has 0 unspecified atom stereocenters. The molecule has 100 valence electrons. The van der Waals surface area contributed by atoms with Crippen molar-refractivity contribution < 1.29 is 19.4 Å². The van der Waals surface area contributed by atoms with Crippen molar-refractivity contribution >= 4 is 6.16 Å². The summed E-state index contributed by atoms with van der Waals surface area (Å²) in [5, 5.41) is 8.55. The second-order valence-corrected chi connectivity index (χ2v) is 5.46. The minimum atomic E-state index is -0.662. The lowest BCUT2D eigenvalue weighted by Crippen LogP contribution is -2.37. The maximum atomic E-state index is 11.3. The van der Waals surface area contributed by atoms with E-state index >= 15 is 0 Å². The number of rotatable bonds is 4. The molecule has 0 radical (unpaired) electrons. The quantitative estimate of drug-likeness (QED) is 0.772. The van der Waals surface area contributed by atoms with Crippen molar-refractivity contribution in [2.75, 3.05) is 13.2 Å². The van der Waals surface area contributed by atoms with Gasteiger partial charge in [0.25, 0.3) is 0 Å². The Bertz CT molecular complexity index is 242. The Morgan fingerprint density at radius 2 is 2.00 bits per heavy atom. The fourth-order valence-electron chi connectivity index (χ4n) is 2.38. The summed E-state index contributed by atoms with van der Waals surface area (Å²) in [6.07, 6.45) is 3.32. The minimum Gasteiger partial charge on any atom is -0.432 e. The van der Waals surface area contributed by atoms with E-state index < -0.39 is 11.8 Å². The van der Waals surface area contributed by atoms with Crippen molar-refractivity contribution in [1.82, 2.24) is 0 Å². The van der Waals surface area contributed by atoms with E-state index in [2.05, 4.69) is 13.8 Å². The second-order valence-electron chi connectivity index (χ2n) is 5.46. The van der Waals surface area contributed by atoms with Crippen LogP contribution < -0.4 is 0 Å². The third-order valence-corrected chi connectivity index (χ3v) is 3.67. The highest BCUT2D eigenvalue weighted by molar-refractivity contribution is 5.60. The lowest BCUT2D eigenvalue weighted by atomic mass is 9.75. The van der Waals surface area contributed by atoms with Crippen molar-refractivity contribution in [2.24, 2.45) is 11.8 Å². The molecule has 0 aromatic carbocycles. The van der Waals surface area contributed by atoms with Crippen LogP contribution in [0, 0.1) is 11.8 Å². The van der Waals surface area contributed by atoms with Gasteiger partial charge in [-0.2, -0.15) is 0 Å². The Morgan fingerprint density at radius 1 is 1.41 bits per heavy atom. The fourth-order valence-corrected chi connectivity index (χ4v) is 2.38. The van der Waals surface area contributed by atoms with Crippen molar-refractivity contribution in [3.63, 3.8) is 0 Å². The van der Waals surface area contributed by atoms with Crippen LogP contribution in [0.15, 0.2) is 0 Å². The smallest absolute Gasteiger partial charge is 0.432 e. The predicted molar refractivity (Wildman–Crippen MR) is 64.7 cm³/mol. The first kappa shape index (κ1) is 14.3. The van der Waals surface area contributed by atoms with Gasteiger partial charge in [0.15, 0.2) is 0 Å². The Balaban J connectivity index is 2.36. The minimum absolute atomic E-state index is 0.00350. The molecule has 0 atom stereocenters. The normalized spacial score (nSPS) is 29.1. The summed E-state index contributed by atoms with van der Waals surface area (Å²) in [5.41, 5.74) is -0.391. The fraction of sp³-hybridized carbons (Fsp3) is 0.923. The number of aliphatic hydroxyl groups excluding tert-OH is 1. The molecule has 0 aromatic rings. The average molecular weight is 244 g/mol. The first-order valence-corrected chi connectivity index (χ1v) is 6.43. The lowest BCUT2D eigenvalue weighted by molar-refractivity contribution is -0.0564. The number of ether oxygens (including phenoxy) is 2. The Labute approximate surface area is 103 Å². The van der Waals surface area contributed by atoms with Crippen LogP contribution in [-0.2, 0) is 9.47 Å². The monoisotopic (exact) mass is 244 g/mol. The van der Waals surface area contributed by atoms with E-state index in [1.54, 1.807) is 0 Å². The molecule has 0 aliphatic heterocycles. The SMILES string of the molecule is CC(C)C1CCC(C)(OC(=O)OCCO)CC1. The second kappa shape index (κ2) is 6.24.